The Bertz CT molecular complexity index is 123. The van der Waals surface area contributed by atoms with Crippen molar-refractivity contribution in [3.05, 3.63) is 0 Å². The summed E-state index contributed by atoms with van der Waals surface area (Å²) in [5.74, 6) is -0.114. The van der Waals surface area contributed by atoms with Crippen LogP contribution < -0.4 is 0 Å². The van der Waals surface area contributed by atoms with Crippen molar-refractivity contribution in [1.29, 1.82) is 0 Å². The lowest BCUT2D eigenvalue weighted by molar-refractivity contribution is -0.145. The zero-order valence-corrected chi connectivity index (χ0v) is 7.88. The molecule has 0 saturated heterocycles. The van der Waals surface area contributed by atoms with Crippen molar-refractivity contribution < 1.29 is 14.6 Å². The van der Waals surface area contributed by atoms with Gasteiger partial charge in [-0.2, -0.15) is 0 Å². The molecule has 0 aromatic heterocycles. The number of ether oxygens (including phenoxy) is 1. The van der Waals surface area contributed by atoms with E-state index >= 15 is 0 Å². The average Bonchev–Trinajstić information content (AvgIpc) is 2.11. The molecular weight excluding hydrogens is 156 g/mol. The Morgan fingerprint density at radius 1 is 1.50 bits per heavy atom. The number of aliphatic hydroxyl groups is 1. The zero-order valence-electron chi connectivity index (χ0n) is 7.88. The summed E-state index contributed by atoms with van der Waals surface area (Å²) in [6, 6.07) is 0. The lowest BCUT2D eigenvalue weighted by Gasteiger charge is -2.10. The molecule has 0 saturated carbocycles. The third kappa shape index (κ3) is 4.34. The minimum absolute atomic E-state index is 0.0153. The van der Waals surface area contributed by atoms with Crippen molar-refractivity contribution in [3.63, 3.8) is 0 Å². The molecule has 0 aliphatic carbocycles. The van der Waals surface area contributed by atoms with Crippen LogP contribution in [0.5, 0.6) is 0 Å². The predicted molar refractivity (Wildman–Crippen MR) is 46.7 cm³/mol. The van der Waals surface area contributed by atoms with E-state index in [4.69, 9.17) is 5.11 Å². The first-order chi connectivity index (χ1) is 5.76. The van der Waals surface area contributed by atoms with Crippen LogP contribution in [0.2, 0.25) is 0 Å². The van der Waals surface area contributed by atoms with Crippen LogP contribution in [0.25, 0.3) is 0 Å². The molecule has 3 nitrogen and oxygen atoms in total. The van der Waals surface area contributed by atoms with Gasteiger partial charge in [0.1, 0.15) is 0 Å². The van der Waals surface area contributed by atoms with E-state index in [0.29, 0.717) is 0 Å². The number of methoxy groups -OCH3 is 1. The molecule has 0 amide bonds. The fourth-order valence-electron chi connectivity index (χ4n) is 1.16. The van der Waals surface area contributed by atoms with Gasteiger partial charge in [0.25, 0.3) is 0 Å². The highest BCUT2D eigenvalue weighted by molar-refractivity contribution is 5.72. The second-order valence-electron chi connectivity index (χ2n) is 2.85. The van der Waals surface area contributed by atoms with E-state index in [1.165, 1.54) is 7.11 Å². The van der Waals surface area contributed by atoms with Crippen LogP contribution in [-0.4, -0.2) is 24.8 Å². The molecule has 12 heavy (non-hydrogen) atoms. The number of unbranched alkanes of at least 4 members (excludes halogenated alkanes) is 1. The molecular formula is C9H18O3. The van der Waals surface area contributed by atoms with Gasteiger partial charge in [-0.15, -0.1) is 0 Å². The van der Waals surface area contributed by atoms with E-state index in [9.17, 15) is 4.79 Å². The van der Waals surface area contributed by atoms with Gasteiger partial charge in [-0.1, -0.05) is 13.3 Å². The summed E-state index contributed by atoms with van der Waals surface area (Å²) in [6.07, 6.45) is 3.30. The lowest BCUT2D eigenvalue weighted by Crippen LogP contribution is -2.15. The number of esters is 1. The number of aliphatic hydroxyl groups excluding tert-OH is 1. The Labute approximate surface area is 73.7 Å². The largest absolute Gasteiger partial charge is 0.469 e. The summed E-state index contributed by atoms with van der Waals surface area (Å²) in [7, 11) is 1.41. The van der Waals surface area contributed by atoms with Crippen LogP contribution in [0.1, 0.15) is 32.6 Å². The molecule has 1 atom stereocenters. The first-order valence-electron chi connectivity index (χ1n) is 4.45. The first-order valence-corrected chi connectivity index (χ1v) is 4.45. The summed E-state index contributed by atoms with van der Waals surface area (Å²) in [5.41, 5.74) is 0. The maximum Gasteiger partial charge on any atom is 0.308 e. The minimum atomic E-state index is -0.129. The van der Waals surface area contributed by atoms with E-state index in [-0.39, 0.29) is 18.5 Å². The SMILES string of the molecule is CCC(CCCCO)C(=O)OC. The Hall–Kier alpha value is -0.570. The molecule has 0 bridgehead atoms. The van der Waals surface area contributed by atoms with Gasteiger partial charge in [0.05, 0.1) is 13.0 Å². The molecule has 72 valence electrons. The van der Waals surface area contributed by atoms with E-state index in [0.717, 1.165) is 25.7 Å². The van der Waals surface area contributed by atoms with Crippen molar-refractivity contribution in [2.75, 3.05) is 13.7 Å². The standard InChI is InChI=1S/C9H18O3/c1-3-8(9(11)12-2)6-4-5-7-10/h8,10H,3-7H2,1-2H3. The lowest BCUT2D eigenvalue weighted by atomic mass is 10.00. The molecule has 0 aromatic carbocycles. The molecule has 0 spiro atoms. The van der Waals surface area contributed by atoms with Crippen LogP contribution in [0, 0.1) is 5.92 Å². The van der Waals surface area contributed by atoms with E-state index in [1.54, 1.807) is 0 Å². The van der Waals surface area contributed by atoms with E-state index in [2.05, 4.69) is 4.74 Å². The number of carbonyl (C=O) groups is 1. The zero-order chi connectivity index (χ0) is 9.40. The van der Waals surface area contributed by atoms with Gasteiger partial charge in [-0.05, 0) is 19.3 Å². The second kappa shape index (κ2) is 7.10. The molecule has 0 heterocycles. The summed E-state index contributed by atoms with van der Waals surface area (Å²) in [5, 5.41) is 8.53. The van der Waals surface area contributed by atoms with Crippen LogP contribution in [-0.2, 0) is 9.53 Å². The van der Waals surface area contributed by atoms with Gasteiger partial charge >= 0.3 is 5.97 Å². The van der Waals surface area contributed by atoms with Gasteiger partial charge in [-0.25, -0.2) is 0 Å². The number of carbonyl (C=O) groups excluding carboxylic acids is 1. The fraction of sp³-hybridized carbons (Fsp3) is 0.889. The molecule has 0 aliphatic rings. The highest BCUT2D eigenvalue weighted by atomic mass is 16.5. The Balaban J connectivity index is 3.60. The molecule has 0 fully saturated rings. The Morgan fingerprint density at radius 3 is 2.58 bits per heavy atom. The van der Waals surface area contributed by atoms with Gasteiger partial charge in [0.2, 0.25) is 0 Å². The van der Waals surface area contributed by atoms with Gasteiger partial charge in [0.15, 0.2) is 0 Å². The van der Waals surface area contributed by atoms with Crippen molar-refractivity contribution in [2.24, 2.45) is 5.92 Å². The molecule has 0 radical (unpaired) electrons. The fourth-order valence-corrected chi connectivity index (χ4v) is 1.16. The van der Waals surface area contributed by atoms with Crippen LogP contribution in [0.15, 0.2) is 0 Å². The Morgan fingerprint density at radius 2 is 2.17 bits per heavy atom. The predicted octanol–water partition coefficient (Wildman–Crippen LogP) is 1.35. The minimum Gasteiger partial charge on any atom is -0.469 e. The highest BCUT2D eigenvalue weighted by Gasteiger charge is 2.15. The smallest absolute Gasteiger partial charge is 0.308 e. The van der Waals surface area contributed by atoms with Crippen LogP contribution in [0.3, 0.4) is 0 Å². The highest BCUT2D eigenvalue weighted by Crippen LogP contribution is 2.13. The number of hydrogen-bond donors (Lipinski definition) is 1. The second-order valence-corrected chi connectivity index (χ2v) is 2.85. The van der Waals surface area contributed by atoms with Crippen molar-refractivity contribution in [3.8, 4) is 0 Å². The monoisotopic (exact) mass is 174 g/mol. The molecule has 1 N–H and O–H groups in total. The van der Waals surface area contributed by atoms with Crippen molar-refractivity contribution in [1.82, 2.24) is 0 Å². The molecule has 1 unspecified atom stereocenters. The van der Waals surface area contributed by atoms with Gasteiger partial charge in [-0.3, -0.25) is 4.79 Å². The summed E-state index contributed by atoms with van der Waals surface area (Å²) in [4.78, 5) is 11.1. The van der Waals surface area contributed by atoms with Crippen LogP contribution in [0.4, 0.5) is 0 Å². The third-order valence-corrected chi connectivity index (χ3v) is 1.99. The number of rotatable bonds is 6. The maximum atomic E-state index is 11.1. The van der Waals surface area contributed by atoms with Crippen molar-refractivity contribution in [2.45, 2.75) is 32.6 Å². The summed E-state index contributed by atoms with van der Waals surface area (Å²) >= 11 is 0. The van der Waals surface area contributed by atoms with Gasteiger partial charge in [0, 0.05) is 6.61 Å². The number of hydrogen-bond acceptors (Lipinski definition) is 3. The molecule has 3 heteroatoms. The summed E-state index contributed by atoms with van der Waals surface area (Å²) < 4.78 is 4.63. The van der Waals surface area contributed by atoms with Gasteiger partial charge < -0.3 is 9.84 Å². The normalized spacial score (nSPS) is 12.6. The molecule has 0 aliphatic heterocycles. The van der Waals surface area contributed by atoms with E-state index < -0.39 is 0 Å². The first kappa shape index (κ1) is 11.4. The Kier molecular flexibility index (Phi) is 6.76. The van der Waals surface area contributed by atoms with Crippen molar-refractivity contribution >= 4 is 5.97 Å². The molecule has 0 rings (SSSR count). The van der Waals surface area contributed by atoms with E-state index in [1.807, 2.05) is 6.92 Å². The summed E-state index contributed by atoms with van der Waals surface area (Å²) in [6.45, 7) is 2.18. The molecule has 0 aromatic rings. The quantitative estimate of drug-likeness (QED) is 0.488. The van der Waals surface area contributed by atoms with Crippen LogP contribution >= 0.6 is 0 Å². The third-order valence-electron chi connectivity index (χ3n) is 1.99. The topological polar surface area (TPSA) is 46.5 Å². The maximum absolute atomic E-state index is 11.1. The average molecular weight is 174 g/mol.